The van der Waals surface area contributed by atoms with E-state index in [2.05, 4.69) is 14.5 Å². The number of hydrogen-bond donors (Lipinski definition) is 1. The number of hydrogen-bond acceptors (Lipinski definition) is 3. The maximum absolute atomic E-state index is 13.0. The summed E-state index contributed by atoms with van der Waals surface area (Å²) in [4.78, 5) is 19.6. The molecule has 138 valence electrons. The van der Waals surface area contributed by atoms with Crippen LogP contribution >= 0.6 is 0 Å². The average Bonchev–Trinajstić information content (AvgIpc) is 3.33. The lowest BCUT2D eigenvalue weighted by atomic mass is 9.80. The Morgan fingerprint density at radius 1 is 1.07 bits per heavy atom. The zero-order valence-electron chi connectivity index (χ0n) is 15.5. The van der Waals surface area contributed by atoms with Crippen molar-refractivity contribution in [1.82, 2.24) is 14.5 Å². The van der Waals surface area contributed by atoms with E-state index in [9.17, 15) is 4.79 Å². The molecule has 5 nitrogen and oxygen atoms in total. The van der Waals surface area contributed by atoms with Gasteiger partial charge in [0.05, 0.1) is 0 Å². The minimum Gasteiger partial charge on any atom is -0.367 e. The number of amides is 1. The number of aromatic nitrogens is 2. The van der Waals surface area contributed by atoms with Gasteiger partial charge in [0.2, 0.25) is 5.91 Å². The number of carbonyl (C=O) groups is 1. The summed E-state index contributed by atoms with van der Waals surface area (Å²) in [5.74, 6) is 0.647. The zero-order valence-corrected chi connectivity index (χ0v) is 15.5. The number of aryl methyl sites for hydroxylation is 1. The Morgan fingerprint density at radius 3 is 2.15 bits per heavy atom. The molecule has 0 spiro atoms. The molecule has 1 aliphatic heterocycles. The summed E-state index contributed by atoms with van der Waals surface area (Å²) < 4.78 is 2.20. The number of nitrogens with two attached hydrogens (primary N) is 1. The number of nitrogens with zero attached hydrogens (tertiary/aromatic N) is 3. The summed E-state index contributed by atoms with van der Waals surface area (Å²) in [5.41, 5.74) is 6.95. The molecule has 0 saturated carbocycles. The Morgan fingerprint density at radius 2 is 1.67 bits per heavy atom. The first-order valence-electron chi connectivity index (χ1n) is 9.29. The molecular weight excluding hydrogens is 336 g/mol. The fraction of sp³-hybridized carbons (Fsp3) is 0.273. The van der Waals surface area contributed by atoms with Crippen LogP contribution in [0.25, 0.3) is 0 Å². The van der Waals surface area contributed by atoms with Crippen molar-refractivity contribution >= 4 is 5.91 Å². The molecule has 1 amide bonds. The van der Waals surface area contributed by atoms with Crippen LogP contribution in [0, 0.1) is 6.92 Å². The van der Waals surface area contributed by atoms with Crippen molar-refractivity contribution < 1.29 is 4.79 Å². The van der Waals surface area contributed by atoms with E-state index in [1.165, 1.54) is 0 Å². The highest BCUT2D eigenvalue weighted by molar-refractivity contribution is 5.90. The van der Waals surface area contributed by atoms with Crippen LogP contribution in [0.2, 0.25) is 0 Å². The van der Waals surface area contributed by atoms with Gasteiger partial charge in [0.25, 0.3) is 0 Å². The van der Waals surface area contributed by atoms with Gasteiger partial charge < -0.3 is 10.3 Å². The highest BCUT2D eigenvalue weighted by Gasteiger charge is 2.48. The number of primary amides is 1. The van der Waals surface area contributed by atoms with Gasteiger partial charge in [-0.3, -0.25) is 9.69 Å². The molecule has 2 aromatic carbocycles. The minimum atomic E-state index is -0.980. The molecular formula is C22H24N4O. The van der Waals surface area contributed by atoms with Gasteiger partial charge in [0, 0.05) is 31.5 Å². The summed E-state index contributed by atoms with van der Waals surface area (Å²) in [6.07, 6.45) is 4.79. The summed E-state index contributed by atoms with van der Waals surface area (Å²) in [6.45, 7) is 3.54. The highest BCUT2D eigenvalue weighted by Crippen LogP contribution is 2.40. The van der Waals surface area contributed by atoms with E-state index in [0.717, 1.165) is 36.5 Å². The van der Waals surface area contributed by atoms with Gasteiger partial charge in [-0.15, -0.1) is 0 Å². The van der Waals surface area contributed by atoms with Crippen LogP contribution in [0.1, 0.15) is 29.4 Å². The first kappa shape index (κ1) is 17.5. The van der Waals surface area contributed by atoms with Gasteiger partial charge in [-0.1, -0.05) is 60.7 Å². The molecule has 1 saturated heterocycles. The van der Waals surface area contributed by atoms with E-state index in [-0.39, 0.29) is 11.9 Å². The third-order valence-corrected chi connectivity index (χ3v) is 5.63. The lowest BCUT2D eigenvalue weighted by molar-refractivity contribution is -0.127. The van der Waals surface area contributed by atoms with Crippen molar-refractivity contribution in [3.63, 3.8) is 0 Å². The standard InChI is InChI=1S/C22H24N4O/c1-17-24-13-15-26(17)20-12-14-25(16-20)22(21(23)27,18-8-4-2-5-9-18)19-10-6-3-7-11-19/h2-11,13,15,20H,12,14,16H2,1H3,(H2,23,27). The van der Waals surface area contributed by atoms with Crippen LogP contribution in [0.3, 0.4) is 0 Å². The molecule has 2 heterocycles. The van der Waals surface area contributed by atoms with Gasteiger partial charge in [-0.25, -0.2) is 4.98 Å². The van der Waals surface area contributed by atoms with Crippen molar-refractivity contribution in [1.29, 1.82) is 0 Å². The largest absolute Gasteiger partial charge is 0.367 e. The predicted molar refractivity (Wildman–Crippen MR) is 105 cm³/mol. The van der Waals surface area contributed by atoms with Gasteiger partial charge >= 0.3 is 0 Å². The minimum absolute atomic E-state index is 0.277. The Kier molecular flexibility index (Phi) is 4.54. The fourth-order valence-corrected chi connectivity index (χ4v) is 4.38. The SMILES string of the molecule is Cc1nccn1C1CCN(C(C(N)=O)(c2ccccc2)c2ccccc2)C1. The molecule has 1 atom stereocenters. The van der Waals surface area contributed by atoms with Gasteiger partial charge in [-0.2, -0.15) is 0 Å². The van der Waals surface area contributed by atoms with Crippen molar-refractivity contribution in [2.24, 2.45) is 5.73 Å². The first-order valence-corrected chi connectivity index (χ1v) is 9.29. The van der Waals surface area contributed by atoms with Crippen LogP contribution < -0.4 is 5.73 Å². The van der Waals surface area contributed by atoms with Crippen LogP contribution in [0.4, 0.5) is 0 Å². The molecule has 0 aliphatic carbocycles. The molecule has 27 heavy (non-hydrogen) atoms. The lowest BCUT2D eigenvalue weighted by Crippen LogP contribution is -2.55. The molecule has 0 bridgehead atoms. The third-order valence-electron chi connectivity index (χ3n) is 5.63. The van der Waals surface area contributed by atoms with Crippen LogP contribution in [0.15, 0.2) is 73.1 Å². The molecule has 4 rings (SSSR count). The van der Waals surface area contributed by atoms with Crippen LogP contribution in [-0.2, 0) is 10.3 Å². The molecule has 5 heteroatoms. The molecule has 3 aromatic rings. The molecule has 0 radical (unpaired) electrons. The lowest BCUT2D eigenvalue weighted by Gasteiger charge is -2.40. The molecule has 1 aliphatic rings. The van der Waals surface area contributed by atoms with Gasteiger partial charge in [0.15, 0.2) is 5.54 Å². The second-order valence-corrected chi connectivity index (χ2v) is 7.08. The molecule has 1 unspecified atom stereocenters. The van der Waals surface area contributed by atoms with Gasteiger partial charge in [0.1, 0.15) is 5.82 Å². The zero-order chi connectivity index (χ0) is 18.9. The van der Waals surface area contributed by atoms with Crippen molar-refractivity contribution in [3.05, 3.63) is 90.0 Å². The van der Waals surface area contributed by atoms with Crippen LogP contribution in [-0.4, -0.2) is 33.4 Å². The van der Waals surface area contributed by atoms with Crippen LogP contribution in [0.5, 0.6) is 0 Å². The van der Waals surface area contributed by atoms with E-state index in [4.69, 9.17) is 5.73 Å². The molecule has 1 aromatic heterocycles. The van der Waals surface area contributed by atoms with E-state index < -0.39 is 5.54 Å². The van der Waals surface area contributed by atoms with Crippen molar-refractivity contribution in [2.45, 2.75) is 24.9 Å². The van der Waals surface area contributed by atoms with Gasteiger partial charge in [-0.05, 0) is 24.5 Å². The van der Waals surface area contributed by atoms with E-state index >= 15 is 0 Å². The summed E-state index contributed by atoms with van der Waals surface area (Å²) in [7, 11) is 0. The second-order valence-electron chi connectivity index (χ2n) is 7.08. The van der Waals surface area contributed by atoms with E-state index in [0.29, 0.717) is 0 Å². The Balaban J connectivity index is 1.82. The molecule has 1 fully saturated rings. The van der Waals surface area contributed by atoms with Crippen molar-refractivity contribution in [2.75, 3.05) is 13.1 Å². The van der Waals surface area contributed by atoms with Crippen molar-refractivity contribution in [3.8, 4) is 0 Å². The Hall–Kier alpha value is -2.92. The summed E-state index contributed by atoms with van der Waals surface area (Å²) >= 11 is 0. The maximum atomic E-state index is 13.0. The summed E-state index contributed by atoms with van der Waals surface area (Å²) in [6, 6.07) is 20.0. The van der Waals surface area contributed by atoms with E-state index in [1.54, 1.807) is 0 Å². The normalized spacial score (nSPS) is 17.9. The topological polar surface area (TPSA) is 64.2 Å². The smallest absolute Gasteiger partial charge is 0.247 e. The Bertz CT molecular complexity index is 880. The number of benzene rings is 2. The highest BCUT2D eigenvalue weighted by atomic mass is 16.1. The third kappa shape index (κ3) is 2.84. The number of rotatable bonds is 5. The number of imidazole rings is 1. The monoisotopic (exact) mass is 360 g/mol. The van der Waals surface area contributed by atoms with E-state index in [1.807, 2.05) is 80.0 Å². The Labute approximate surface area is 159 Å². The molecule has 2 N–H and O–H groups in total. The quantitative estimate of drug-likeness (QED) is 0.761. The first-order chi connectivity index (χ1) is 13.1. The summed E-state index contributed by atoms with van der Waals surface area (Å²) in [5, 5.41) is 0. The number of likely N-dealkylation sites (tertiary alicyclic amines) is 1. The fourth-order valence-electron chi connectivity index (χ4n) is 4.38. The maximum Gasteiger partial charge on any atom is 0.247 e. The predicted octanol–water partition coefficient (Wildman–Crippen LogP) is 2.87. The number of carbonyl (C=O) groups excluding carboxylic acids is 1. The second kappa shape index (κ2) is 7.00. The average molecular weight is 360 g/mol.